The van der Waals surface area contributed by atoms with Crippen molar-refractivity contribution in [3.8, 4) is 28.8 Å². The van der Waals surface area contributed by atoms with Gasteiger partial charge in [0, 0.05) is 54.5 Å². The van der Waals surface area contributed by atoms with Gasteiger partial charge in [-0.15, -0.1) is 0 Å². The number of hydrogen-bond acceptors (Lipinski definition) is 1. The molecule has 15 rings (SSSR count). The molecule has 0 bridgehead atoms. The second kappa shape index (κ2) is 14.3. The monoisotopic (exact) mass is 888 g/mol. The van der Waals surface area contributed by atoms with Gasteiger partial charge in [0.05, 0.1) is 67.6 Å². The van der Waals surface area contributed by atoms with Crippen LogP contribution in [0.3, 0.4) is 0 Å². The number of aromatic nitrogens is 4. The van der Waals surface area contributed by atoms with E-state index in [-0.39, 0.29) is 0 Å². The molecule has 15 aromatic rings. The average molecular weight is 889 g/mol. The first-order valence-electron chi connectivity index (χ1n) is 23.5. The quantitative estimate of drug-likeness (QED) is 0.162. The van der Waals surface area contributed by atoms with E-state index >= 15 is 0 Å². The lowest BCUT2D eigenvalue weighted by atomic mass is 10.0. The molecule has 0 radical (unpaired) electrons. The van der Waals surface area contributed by atoms with Gasteiger partial charge in [-0.25, -0.2) is 4.85 Å². The SMILES string of the molecule is [C-]#[N+]c1cc(-n2c3ccc4ccccc4c3c3c2ccc2c4ccccc4n(-c4ccccc4)c23)c(C#N)cc1-n1c2ccc3ccccc3c2c2c1ccc1c3ccccc3n(-c3ccccc3)c12. The third-order valence-electron chi connectivity index (χ3n) is 14.8. The summed E-state index contributed by atoms with van der Waals surface area (Å²) in [5, 5.41) is 25.0. The summed E-state index contributed by atoms with van der Waals surface area (Å²) in [5.74, 6) is 0. The van der Waals surface area contributed by atoms with Gasteiger partial charge >= 0.3 is 0 Å². The van der Waals surface area contributed by atoms with E-state index in [9.17, 15) is 5.26 Å². The summed E-state index contributed by atoms with van der Waals surface area (Å²) in [6.45, 7) is 8.97. The molecule has 0 saturated heterocycles. The Hall–Kier alpha value is -9.88. The lowest BCUT2D eigenvalue weighted by molar-refractivity contribution is 1.14. The average Bonchev–Trinajstić information content (AvgIpc) is 4.16. The van der Waals surface area contributed by atoms with E-state index in [1.54, 1.807) is 0 Å². The van der Waals surface area contributed by atoms with Gasteiger partial charge in [0.25, 0.3) is 0 Å². The zero-order valence-corrected chi connectivity index (χ0v) is 37.5. The van der Waals surface area contributed by atoms with E-state index < -0.39 is 0 Å². The van der Waals surface area contributed by atoms with Crippen LogP contribution in [-0.4, -0.2) is 18.3 Å². The van der Waals surface area contributed by atoms with Gasteiger partial charge in [0.15, 0.2) is 0 Å². The van der Waals surface area contributed by atoms with Crippen molar-refractivity contribution in [3.05, 3.63) is 235 Å². The number of para-hydroxylation sites is 4. The molecule has 6 nitrogen and oxygen atoms in total. The van der Waals surface area contributed by atoms with Gasteiger partial charge in [-0.1, -0.05) is 146 Å². The molecular weight excluding hydrogens is 853 g/mol. The molecule has 0 aliphatic rings. The summed E-state index contributed by atoms with van der Waals surface area (Å²) >= 11 is 0. The summed E-state index contributed by atoms with van der Waals surface area (Å²) in [4.78, 5) is 4.35. The van der Waals surface area contributed by atoms with E-state index in [4.69, 9.17) is 6.57 Å². The molecule has 0 saturated carbocycles. The molecule has 4 heterocycles. The van der Waals surface area contributed by atoms with E-state index in [0.717, 1.165) is 109 Å². The Morgan fingerprint density at radius 1 is 0.343 bits per heavy atom. The molecule has 0 aliphatic heterocycles. The minimum Gasteiger partial charge on any atom is -0.319 e. The fourth-order valence-electron chi connectivity index (χ4n) is 12.0. The number of benzene rings is 11. The van der Waals surface area contributed by atoms with Crippen molar-refractivity contribution in [1.82, 2.24) is 18.3 Å². The van der Waals surface area contributed by atoms with Crippen molar-refractivity contribution in [1.29, 1.82) is 5.26 Å². The molecule has 0 fully saturated rings. The Bertz CT molecular complexity index is 4530. The van der Waals surface area contributed by atoms with Crippen LogP contribution in [0, 0.1) is 17.9 Å². The van der Waals surface area contributed by atoms with Crippen LogP contribution in [0.1, 0.15) is 5.56 Å². The van der Waals surface area contributed by atoms with Crippen molar-refractivity contribution < 1.29 is 0 Å². The summed E-state index contributed by atoms with van der Waals surface area (Å²) in [5.41, 5.74) is 12.7. The van der Waals surface area contributed by atoms with Crippen LogP contribution in [0.15, 0.2) is 218 Å². The molecule has 70 heavy (non-hydrogen) atoms. The van der Waals surface area contributed by atoms with Gasteiger partial charge < -0.3 is 18.3 Å². The topological polar surface area (TPSA) is 47.9 Å². The first-order valence-corrected chi connectivity index (χ1v) is 23.5. The number of hydrogen-bond donors (Lipinski definition) is 0. The number of nitriles is 1. The Labute approximate surface area is 400 Å². The first kappa shape index (κ1) is 38.2. The number of nitrogens with zero attached hydrogens (tertiary/aromatic N) is 6. The van der Waals surface area contributed by atoms with Crippen LogP contribution >= 0.6 is 0 Å². The van der Waals surface area contributed by atoms with Gasteiger partial charge in [0.1, 0.15) is 6.07 Å². The zero-order chi connectivity index (χ0) is 46.2. The molecule has 6 heteroatoms. The fourth-order valence-corrected chi connectivity index (χ4v) is 12.0. The van der Waals surface area contributed by atoms with Crippen LogP contribution in [-0.2, 0) is 0 Å². The zero-order valence-electron chi connectivity index (χ0n) is 37.5. The lowest BCUT2D eigenvalue weighted by Gasteiger charge is -2.16. The van der Waals surface area contributed by atoms with E-state index in [0.29, 0.717) is 22.6 Å². The molecule has 0 aliphatic carbocycles. The molecular formula is C64H36N6. The highest BCUT2D eigenvalue weighted by molar-refractivity contribution is 6.33. The van der Waals surface area contributed by atoms with Gasteiger partial charge in [-0.05, 0) is 94.3 Å². The summed E-state index contributed by atoms with van der Waals surface area (Å²) in [7, 11) is 0. The molecule has 0 atom stereocenters. The van der Waals surface area contributed by atoms with Crippen molar-refractivity contribution in [2.45, 2.75) is 0 Å². The Kier molecular flexibility index (Phi) is 7.82. The van der Waals surface area contributed by atoms with Crippen molar-refractivity contribution in [2.24, 2.45) is 0 Å². The van der Waals surface area contributed by atoms with E-state index in [2.05, 4.69) is 235 Å². The summed E-state index contributed by atoms with van der Waals surface area (Å²) in [6.07, 6.45) is 0. The van der Waals surface area contributed by atoms with Crippen LogP contribution in [0.4, 0.5) is 5.69 Å². The number of fused-ring (bicyclic) bond motifs is 18. The molecule has 4 aromatic heterocycles. The van der Waals surface area contributed by atoms with Crippen LogP contribution in [0.25, 0.3) is 136 Å². The summed E-state index contributed by atoms with van der Waals surface area (Å²) < 4.78 is 9.22. The molecule has 0 amide bonds. The van der Waals surface area contributed by atoms with Crippen molar-refractivity contribution >= 4 is 114 Å². The van der Waals surface area contributed by atoms with Crippen LogP contribution in [0.2, 0.25) is 0 Å². The maximum absolute atomic E-state index is 11.5. The smallest absolute Gasteiger partial charge is 0.212 e. The highest BCUT2D eigenvalue weighted by Crippen LogP contribution is 2.48. The highest BCUT2D eigenvalue weighted by atomic mass is 15.0. The largest absolute Gasteiger partial charge is 0.319 e. The molecule has 11 aromatic carbocycles. The van der Waals surface area contributed by atoms with Gasteiger partial charge in [0.2, 0.25) is 5.69 Å². The molecule has 0 unspecified atom stereocenters. The van der Waals surface area contributed by atoms with Gasteiger partial charge in [-0.3, -0.25) is 0 Å². The Morgan fingerprint density at radius 2 is 0.757 bits per heavy atom. The molecule has 322 valence electrons. The third kappa shape index (κ3) is 5.03. The maximum Gasteiger partial charge on any atom is 0.212 e. The molecule has 0 N–H and O–H groups in total. The third-order valence-corrected chi connectivity index (χ3v) is 14.8. The van der Waals surface area contributed by atoms with Crippen LogP contribution < -0.4 is 0 Å². The van der Waals surface area contributed by atoms with Crippen molar-refractivity contribution in [2.75, 3.05) is 0 Å². The van der Waals surface area contributed by atoms with Crippen molar-refractivity contribution in [3.63, 3.8) is 0 Å². The minimum absolute atomic E-state index is 0.444. The molecule has 0 spiro atoms. The second-order valence-corrected chi connectivity index (χ2v) is 18.2. The summed E-state index contributed by atoms with van der Waals surface area (Å²) in [6, 6.07) is 79.6. The Morgan fingerprint density at radius 3 is 1.24 bits per heavy atom. The Balaban J connectivity index is 1.08. The predicted molar refractivity (Wildman–Crippen MR) is 290 cm³/mol. The van der Waals surface area contributed by atoms with E-state index in [1.807, 2.05) is 12.1 Å². The standard InChI is InChI=1S/C64H36N6/c1-66-50-37-57(69-53-32-28-39-16-8-10-22-44(39)59(53)61-55(69)34-30-48-46-24-12-14-26-51(46)67(63(48)61)42-18-4-2-5-19-42)41(38-65)36-58(50)70-54-33-29-40-17-9-11-23-45(40)60(54)62-56(70)35-31-49-47-25-13-15-27-52(47)68(64(49)62)43-20-6-3-7-21-43/h2-37H. The fraction of sp³-hybridized carbons (Fsp3) is 0. The van der Waals surface area contributed by atoms with E-state index in [1.165, 1.54) is 10.8 Å². The lowest BCUT2D eigenvalue weighted by Crippen LogP contribution is -2.02. The second-order valence-electron chi connectivity index (χ2n) is 18.2. The van der Waals surface area contributed by atoms with Crippen LogP contribution in [0.5, 0.6) is 0 Å². The first-order chi connectivity index (χ1) is 34.7. The maximum atomic E-state index is 11.5. The number of rotatable bonds is 4. The minimum atomic E-state index is 0.444. The predicted octanol–water partition coefficient (Wildman–Crippen LogP) is 16.8. The normalized spacial score (nSPS) is 12.0. The highest BCUT2D eigenvalue weighted by Gasteiger charge is 2.27. The van der Waals surface area contributed by atoms with Gasteiger partial charge in [-0.2, -0.15) is 5.26 Å².